The molecule has 44 heavy (non-hydrogen) atoms. The van der Waals surface area contributed by atoms with Crippen molar-refractivity contribution in [3.8, 4) is 5.75 Å². The van der Waals surface area contributed by atoms with E-state index < -0.39 is 0 Å². The van der Waals surface area contributed by atoms with E-state index in [1.165, 1.54) is 5.56 Å². The number of hydrogen-bond acceptors (Lipinski definition) is 11. The number of nitrogens with two attached hydrogens (primary N) is 1. The number of methoxy groups -OCH3 is 1. The highest BCUT2D eigenvalue weighted by atomic mass is 16.5. The molecule has 1 heterocycles. The Morgan fingerprint density at radius 3 is 2.27 bits per heavy atom. The first-order valence-corrected chi connectivity index (χ1v) is 14.5. The Hall–Kier alpha value is -4.78. The van der Waals surface area contributed by atoms with Gasteiger partial charge in [0.15, 0.2) is 0 Å². The van der Waals surface area contributed by atoms with Crippen LogP contribution in [0.1, 0.15) is 21.5 Å². The second kappa shape index (κ2) is 18.0. The predicted octanol–water partition coefficient (Wildman–Crippen LogP) is 3.61. The van der Waals surface area contributed by atoms with Crippen LogP contribution in [0.25, 0.3) is 0 Å². The van der Waals surface area contributed by atoms with Crippen LogP contribution in [0.2, 0.25) is 0 Å². The summed E-state index contributed by atoms with van der Waals surface area (Å²) in [6, 6.07) is 25.1. The van der Waals surface area contributed by atoms with E-state index in [-0.39, 0.29) is 5.91 Å². The number of hydrogen-bond donors (Lipinski definition) is 5. The molecule has 0 saturated carbocycles. The molecule has 12 nitrogen and oxygen atoms in total. The van der Waals surface area contributed by atoms with Crippen LogP contribution in [0.15, 0.2) is 78.9 Å². The molecule has 0 saturated heterocycles. The lowest BCUT2D eigenvalue weighted by Crippen LogP contribution is -2.27. The Balaban J connectivity index is 1.39. The van der Waals surface area contributed by atoms with Crippen LogP contribution in [0, 0.1) is 0 Å². The summed E-state index contributed by atoms with van der Waals surface area (Å²) in [4.78, 5) is 26.5. The highest BCUT2D eigenvalue weighted by Gasteiger charge is 2.10. The van der Waals surface area contributed by atoms with Crippen molar-refractivity contribution in [2.24, 2.45) is 5.73 Å². The van der Waals surface area contributed by atoms with Crippen molar-refractivity contribution in [1.29, 1.82) is 0 Å². The Morgan fingerprint density at radius 1 is 0.750 bits per heavy atom. The second-order valence-corrected chi connectivity index (χ2v) is 9.65. The van der Waals surface area contributed by atoms with E-state index in [4.69, 9.17) is 19.9 Å². The summed E-state index contributed by atoms with van der Waals surface area (Å²) in [5.74, 6) is 1.72. The number of carbonyl (C=O) groups is 1. The highest BCUT2D eigenvalue weighted by Crippen LogP contribution is 2.19. The first-order chi connectivity index (χ1) is 21.6. The lowest BCUT2D eigenvalue weighted by molar-refractivity contribution is 0.0511. The summed E-state index contributed by atoms with van der Waals surface area (Å²) in [5.41, 5.74) is 8.76. The van der Waals surface area contributed by atoms with E-state index in [0.717, 1.165) is 17.7 Å². The number of ether oxygens (including phenoxy) is 3. The Bertz CT molecular complexity index is 1440. The van der Waals surface area contributed by atoms with Crippen LogP contribution < -0.4 is 31.7 Å². The summed E-state index contributed by atoms with van der Waals surface area (Å²) >= 11 is 0. The maximum Gasteiger partial charge on any atom is 0.251 e. The van der Waals surface area contributed by atoms with E-state index in [1.54, 1.807) is 25.3 Å². The molecule has 0 fully saturated rings. The molecular weight excluding hydrogens is 560 g/mol. The normalized spacial score (nSPS) is 10.7. The zero-order valence-corrected chi connectivity index (χ0v) is 24.9. The fourth-order valence-electron chi connectivity index (χ4n) is 4.13. The van der Waals surface area contributed by atoms with Crippen molar-refractivity contribution < 1.29 is 19.0 Å². The number of nitrogens with one attached hydrogen (secondary N) is 4. The number of amides is 1. The van der Waals surface area contributed by atoms with Crippen molar-refractivity contribution in [2.45, 2.75) is 13.0 Å². The highest BCUT2D eigenvalue weighted by molar-refractivity contribution is 5.95. The van der Waals surface area contributed by atoms with Gasteiger partial charge in [-0.15, -0.1) is 0 Å². The van der Waals surface area contributed by atoms with Crippen LogP contribution in [0.4, 0.5) is 23.5 Å². The molecule has 1 aromatic heterocycles. The van der Waals surface area contributed by atoms with Crippen molar-refractivity contribution in [3.05, 3.63) is 95.6 Å². The van der Waals surface area contributed by atoms with Gasteiger partial charge in [0.25, 0.3) is 5.91 Å². The van der Waals surface area contributed by atoms with E-state index in [0.29, 0.717) is 81.7 Å². The predicted molar refractivity (Wildman–Crippen MR) is 172 cm³/mol. The molecule has 0 spiro atoms. The Labute approximate surface area is 257 Å². The summed E-state index contributed by atoms with van der Waals surface area (Å²) in [5, 5.41) is 12.7. The van der Waals surface area contributed by atoms with E-state index in [1.807, 2.05) is 48.5 Å². The topological polar surface area (TPSA) is 158 Å². The molecule has 1 amide bonds. The molecule has 0 aliphatic rings. The molecule has 0 aliphatic heterocycles. The van der Waals surface area contributed by atoms with Gasteiger partial charge >= 0.3 is 0 Å². The molecule has 0 atom stereocenters. The number of aromatic nitrogens is 3. The van der Waals surface area contributed by atoms with E-state index in [9.17, 15) is 4.79 Å². The van der Waals surface area contributed by atoms with Crippen LogP contribution in [0.5, 0.6) is 5.75 Å². The van der Waals surface area contributed by atoms with Gasteiger partial charge in [0.2, 0.25) is 17.8 Å². The lowest BCUT2D eigenvalue weighted by atomic mass is 10.1. The summed E-state index contributed by atoms with van der Waals surface area (Å²) in [6.07, 6.45) is 0.812. The van der Waals surface area contributed by atoms with Crippen LogP contribution in [-0.4, -0.2) is 74.0 Å². The van der Waals surface area contributed by atoms with Crippen LogP contribution in [-0.2, 0) is 22.4 Å². The van der Waals surface area contributed by atoms with Crippen molar-refractivity contribution in [1.82, 2.24) is 20.3 Å². The summed E-state index contributed by atoms with van der Waals surface area (Å²) < 4.78 is 16.1. The van der Waals surface area contributed by atoms with Gasteiger partial charge in [0.1, 0.15) is 5.75 Å². The molecular formula is C32H40N8O4. The number of nitrogens with zero attached hydrogens (tertiary/aromatic N) is 3. The molecule has 4 aromatic rings. The molecule has 3 aromatic carbocycles. The van der Waals surface area contributed by atoms with Gasteiger partial charge in [-0.05, 0) is 47.9 Å². The molecule has 12 heteroatoms. The average Bonchev–Trinajstić information content (AvgIpc) is 3.05. The van der Waals surface area contributed by atoms with Crippen molar-refractivity contribution >= 4 is 29.4 Å². The zero-order valence-electron chi connectivity index (χ0n) is 24.9. The van der Waals surface area contributed by atoms with Crippen LogP contribution in [0.3, 0.4) is 0 Å². The van der Waals surface area contributed by atoms with Gasteiger partial charge in [0, 0.05) is 37.4 Å². The first kappa shape index (κ1) is 32.1. The number of carbonyl (C=O) groups excluding carboxylic acids is 1. The SMILES string of the molecule is COc1cccc(CNc2nc(NCCc3ccccc3)nc(Nc3cccc(C(=O)NCCOCCOCCN)c3)n2)c1. The Kier molecular flexibility index (Phi) is 13.2. The van der Waals surface area contributed by atoms with Gasteiger partial charge in [-0.1, -0.05) is 48.5 Å². The molecule has 0 unspecified atom stereocenters. The lowest BCUT2D eigenvalue weighted by Gasteiger charge is -2.13. The molecule has 0 aliphatic carbocycles. The van der Waals surface area contributed by atoms with E-state index >= 15 is 0 Å². The molecule has 232 valence electrons. The Morgan fingerprint density at radius 2 is 1.48 bits per heavy atom. The number of rotatable bonds is 19. The number of anilines is 4. The molecule has 6 N–H and O–H groups in total. The monoisotopic (exact) mass is 600 g/mol. The molecule has 0 bridgehead atoms. The summed E-state index contributed by atoms with van der Waals surface area (Å²) in [6.45, 7) is 3.79. The standard InChI is InChI=1S/C32H40N8O4/c1-42-28-12-5-9-25(21-28)23-36-31-38-30(35-15-13-24-7-3-2-4-8-24)39-32(40-31)37-27-11-6-10-26(22-27)29(41)34-16-18-44-20-19-43-17-14-33/h2-12,21-22H,13-20,23,33H2,1H3,(H,34,41)(H3,35,36,37,38,39,40). The summed E-state index contributed by atoms with van der Waals surface area (Å²) in [7, 11) is 1.64. The third kappa shape index (κ3) is 11.1. The first-order valence-electron chi connectivity index (χ1n) is 14.5. The van der Waals surface area contributed by atoms with Gasteiger partial charge in [-0.3, -0.25) is 4.79 Å². The van der Waals surface area contributed by atoms with Gasteiger partial charge in [0.05, 0.1) is 33.5 Å². The number of benzene rings is 3. The third-order valence-electron chi connectivity index (χ3n) is 6.31. The minimum Gasteiger partial charge on any atom is -0.497 e. The third-order valence-corrected chi connectivity index (χ3v) is 6.31. The minimum atomic E-state index is -0.212. The van der Waals surface area contributed by atoms with Crippen molar-refractivity contribution in [3.63, 3.8) is 0 Å². The van der Waals surface area contributed by atoms with E-state index in [2.05, 4.69) is 48.4 Å². The van der Waals surface area contributed by atoms with Gasteiger partial charge in [-0.2, -0.15) is 15.0 Å². The quantitative estimate of drug-likeness (QED) is 0.100. The average molecular weight is 601 g/mol. The van der Waals surface area contributed by atoms with Gasteiger partial charge < -0.3 is 41.2 Å². The maximum atomic E-state index is 12.7. The fourth-order valence-corrected chi connectivity index (χ4v) is 4.13. The largest absolute Gasteiger partial charge is 0.497 e. The molecule has 0 radical (unpaired) electrons. The van der Waals surface area contributed by atoms with Crippen LogP contribution >= 0.6 is 0 Å². The molecule has 4 rings (SSSR count). The zero-order chi connectivity index (χ0) is 30.8. The fraction of sp³-hybridized carbons (Fsp3) is 0.312. The second-order valence-electron chi connectivity index (χ2n) is 9.65. The maximum absolute atomic E-state index is 12.7. The van der Waals surface area contributed by atoms with Crippen molar-refractivity contribution in [2.75, 3.05) is 69.1 Å². The smallest absolute Gasteiger partial charge is 0.251 e. The van der Waals surface area contributed by atoms with Gasteiger partial charge in [-0.25, -0.2) is 0 Å². The minimum absolute atomic E-state index is 0.212.